The van der Waals surface area contributed by atoms with Crippen LogP contribution in [0.2, 0.25) is 0 Å². The summed E-state index contributed by atoms with van der Waals surface area (Å²) in [4.78, 5) is 41.6. The molecule has 5 heteroatoms. The normalized spacial score (nSPS) is 28.2. The van der Waals surface area contributed by atoms with Crippen LogP contribution in [-0.2, 0) is 19.8 Å². The van der Waals surface area contributed by atoms with Gasteiger partial charge in [0.1, 0.15) is 6.29 Å². The SMILES string of the molecule is O=CC12c3ccccc3C(c3ccccc31)C1C(=O)N(c3ccc(I)cc3)C(=O)C12. The van der Waals surface area contributed by atoms with Gasteiger partial charge in [-0.2, -0.15) is 0 Å². The highest BCUT2D eigenvalue weighted by molar-refractivity contribution is 14.1. The molecule has 0 saturated carbocycles. The Morgan fingerprint density at radius 2 is 1.37 bits per heavy atom. The minimum absolute atomic E-state index is 0.216. The predicted molar refractivity (Wildman–Crippen MR) is 120 cm³/mol. The Balaban J connectivity index is 1.64. The smallest absolute Gasteiger partial charge is 0.239 e. The number of carbonyl (C=O) groups excluding carboxylic acids is 3. The molecule has 3 aromatic rings. The van der Waals surface area contributed by atoms with Gasteiger partial charge >= 0.3 is 0 Å². The van der Waals surface area contributed by atoms with Gasteiger partial charge in [0.2, 0.25) is 11.8 Å². The topological polar surface area (TPSA) is 54.5 Å². The number of nitrogens with zero attached hydrogens (tertiary/aromatic N) is 1. The van der Waals surface area contributed by atoms with E-state index in [-0.39, 0.29) is 17.7 Å². The van der Waals surface area contributed by atoms with Crippen molar-refractivity contribution >= 4 is 46.4 Å². The number of hydrogen-bond donors (Lipinski definition) is 0. The van der Waals surface area contributed by atoms with Crippen molar-refractivity contribution in [2.24, 2.45) is 11.8 Å². The van der Waals surface area contributed by atoms with E-state index in [4.69, 9.17) is 0 Å². The summed E-state index contributed by atoms with van der Waals surface area (Å²) in [5, 5.41) is 0. The fraction of sp³-hybridized carbons (Fsp3) is 0.160. The van der Waals surface area contributed by atoms with Crippen LogP contribution < -0.4 is 4.90 Å². The quantitative estimate of drug-likeness (QED) is 0.300. The molecule has 1 heterocycles. The highest BCUT2D eigenvalue weighted by Gasteiger charge is 2.68. The number of carbonyl (C=O) groups is 3. The summed E-state index contributed by atoms with van der Waals surface area (Å²) >= 11 is 2.19. The molecule has 0 aromatic heterocycles. The monoisotopic (exact) mass is 505 g/mol. The average Bonchev–Trinajstić information content (AvgIpc) is 3.05. The highest BCUT2D eigenvalue weighted by Crippen LogP contribution is 2.63. The Morgan fingerprint density at radius 3 is 1.93 bits per heavy atom. The van der Waals surface area contributed by atoms with E-state index in [0.717, 1.165) is 32.1 Å². The van der Waals surface area contributed by atoms with Crippen molar-refractivity contribution in [3.05, 3.63) is 98.6 Å². The standard InChI is InChI=1S/C25H16INO3/c26-14-9-11-15(12-10-14)27-23(29)21-20-16-5-1-3-7-18(16)25(13-28,22(21)24(27)30)19-8-4-2-6-17(19)20/h1-13,20-22H. The Morgan fingerprint density at radius 1 is 0.800 bits per heavy atom. The van der Waals surface area contributed by atoms with E-state index in [1.807, 2.05) is 60.7 Å². The Labute approximate surface area is 187 Å². The van der Waals surface area contributed by atoms with Gasteiger partial charge in [0.15, 0.2) is 0 Å². The number of benzene rings is 3. The number of aldehydes is 1. The summed E-state index contributed by atoms with van der Waals surface area (Å²) in [7, 11) is 0. The molecule has 1 aliphatic heterocycles. The summed E-state index contributed by atoms with van der Waals surface area (Å²) in [6.45, 7) is 0. The van der Waals surface area contributed by atoms with E-state index in [1.54, 1.807) is 12.1 Å². The zero-order valence-corrected chi connectivity index (χ0v) is 17.9. The minimum atomic E-state index is -1.14. The van der Waals surface area contributed by atoms with E-state index in [1.165, 1.54) is 4.90 Å². The van der Waals surface area contributed by atoms with Gasteiger partial charge in [-0.05, 0) is 69.1 Å². The Kier molecular flexibility index (Phi) is 3.67. The van der Waals surface area contributed by atoms with Crippen molar-refractivity contribution in [1.82, 2.24) is 0 Å². The lowest BCUT2D eigenvalue weighted by Gasteiger charge is -2.51. The summed E-state index contributed by atoms with van der Waals surface area (Å²) in [6.07, 6.45) is 0.903. The largest absolute Gasteiger partial charge is 0.302 e. The van der Waals surface area contributed by atoms with Gasteiger partial charge in [0.25, 0.3) is 0 Å². The lowest BCUT2D eigenvalue weighted by molar-refractivity contribution is -0.128. The van der Waals surface area contributed by atoms with Crippen molar-refractivity contribution < 1.29 is 14.4 Å². The second-order valence-electron chi connectivity index (χ2n) is 8.13. The molecule has 0 N–H and O–H groups in total. The van der Waals surface area contributed by atoms with Gasteiger partial charge in [0.05, 0.1) is 22.9 Å². The fourth-order valence-electron chi connectivity index (χ4n) is 5.88. The van der Waals surface area contributed by atoms with Crippen LogP contribution >= 0.6 is 22.6 Å². The van der Waals surface area contributed by atoms with E-state index in [9.17, 15) is 14.4 Å². The molecule has 1 fully saturated rings. The second kappa shape index (κ2) is 6.11. The zero-order valence-electron chi connectivity index (χ0n) is 15.8. The van der Waals surface area contributed by atoms with Crippen molar-refractivity contribution in [3.8, 4) is 0 Å². The van der Waals surface area contributed by atoms with Crippen LogP contribution in [0.3, 0.4) is 0 Å². The van der Waals surface area contributed by atoms with Crippen LogP contribution in [0.1, 0.15) is 28.2 Å². The maximum atomic E-state index is 13.8. The molecule has 2 atom stereocenters. The third-order valence-electron chi connectivity index (χ3n) is 6.95. The van der Waals surface area contributed by atoms with E-state index in [0.29, 0.717) is 5.69 Å². The molecule has 2 unspecified atom stereocenters. The van der Waals surface area contributed by atoms with Crippen molar-refractivity contribution in [1.29, 1.82) is 0 Å². The molecule has 30 heavy (non-hydrogen) atoms. The van der Waals surface area contributed by atoms with Gasteiger partial charge < -0.3 is 4.79 Å². The molecular weight excluding hydrogens is 489 g/mol. The van der Waals surface area contributed by atoms with Crippen LogP contribution in [0.4, 0.5) is 5.69 Å². The first kappa shape index (κ1) is 18.0. The first-order chi connectivity index (χ1) is 14.6. The van der Waals surface area contributed by atoms with Crippen LogP contribution in [0.5, 0.6) is 0 Å². The molecule has 3 aliphatic carbocycles. The minimum Gasteiger partial charge on any atom is -0.302 e. The van der Waals surface area contributed by atoms with Gasteiger partial charge in [-0.25, -0.2) is 4.90 Å². The van der Waals surface area contributed by atoms with Gasteiger partial charge in [-0.15, -0.1) is 0 Å². The fourth-order valence-corrected chi connectivity index (χ4v) is 6.23. The summed E-state index contributed by atoms with van der Waals surface area (Å²) in [5.41, 5.74) is 3.10. The molecule has 4 nitrogen and oxygen atoms in total. The number of rotatable bonds is 2. The molecule has 146 valence electrons. The van der Waals surface area contributed by atoms with Gasteiger partial charge in [0, 0.05) is 9.49 Å². The number of imide groups is 1. The molecule has 2 amide bonds. The first-order valence-corrected chi connectivity index (χ1v) is 11.0. The molecule has 1 saturated heterocycles. The first-order valence-electron chi connectivity index (χ1n) is 9.88. The maximum Gasteiger partial charge on any atom is 0.239 e. The number of anilines is 1. The van der Waals surface area contributed by atoms with Crippen molar-refractivity contribution in [2.45, 2.75) is 11.3 Å². The molecular formula is C25H16INO3. The molecule has 4 aliphatic rings. The van der Waals surface area contributed by atoms with Crippen LogP contribution in [0.15, 0.2) is 72.8 Å². The number of hydrogen-bond acceptors (Lipinski definition) is 3. The predicted octanol–water partition coefficient (Wildman–Crippen LogP) is 4.04. The van der Waals surface area contributed by atoms with Gasteiger partial charge in [-0.3, -0.25) is 9.59 Å². The molecule has 0 radical (unpaired) electrons. The lowest BCUT2D eigenvalue weighted by atomic mass is 9.48. The molecule has 0 spiro atoms. The van der Waals surface area contributed by atoms with Crippen molar-refractivity contribution in [2.75, 3.05) is 4.90 Å². The van der Waals surface area contributed by atoms with E-state index >= 15 is 0 Å². The summed E-state index contributed by atoms with van der Waals surface area (Å²) < 4.78 is 1.03. The number of halogens is 1. The van der Waals surface area contributed by atoms with E-state index in [2.05, 4.69) is 22.6 Å². The van der Waals surface area contributed by atoms with Crippen LogP contribution in [0.25, 0.3) is 0 Å². The Bertz CT molecular complexity index is 1200. The van der Waals surface area contributed by atoms with Crippen LogP contribution in [0, 0.1) is 15.4 Å². The lowest BCUT2D eigenvalue weighted by Crippen LogP contribution is -2.54. The second-order valence-corrected chi connectivity index (χ2v) is 9.38. The zero-order chi connectivity index (χ0) is 20.6. The maximum absolute atomic E-state index is 13.8. The Hall–Kier alpha value is -2.80. The number of amides is 2. The molecule has 7 rings (SSSR count). The van der Waals surface area contributed by atoms with E-state index < -0.39 is 17.3 Å². The summed E-state index contributed by atoms with van der Waals surface area (Å²) in [5.74, 6) is -2.03. The highest BCUT2D eigenvalue weighted by atomic mass is 127. The molecule has 3 aromatic carbocycles. The van der Waals surface area contributed by atoms with Crippen molar-refractivity contribution in [3.63, 3.8) is 0 Å². The third-order valence-corrected chi connectivity index (χ3v) is 7.67. The molecule has 2 bridgehead atoms. The average molecular weight is 505 g/mol. The summed E-state index contributed by atoms with van der Waals surface area (Å²) in [6, 6.07) is 22.9. The van der Waals surface area contributed by atoms with Crippen LogP contribution in [-0.4, -0.2) is 18.1 Å². The third kappa shape index (κ3) is 1.99. The van der Waals surface area contributed by atoms with Gasteiger partial charge in [-0.1, -0.05) is 48.5 Å².